The molecule has 0 saturated carbocycles. The average Bonchev–Trinajstić information content (AvgIpc) is 3.06. The molecule has 0 aromatic heterocycles. The maximum atomic E-state index is 13.3. The van der Waals surface area contributed by atoms with Gasteiger partial charge in [0.05, 0.1) is 31.7 Å². The molecule has 1 aromatic rings. The van der Waals surface area contributed by atoms with Gasteiger partial charge in [-0.25, -0.2) is 0 Å². The van der Waals surface area contributed by atoms with Gasteiger partial charge in [0.15, 0.2) is 0 Å². The van der Waals surface area contributed by atoms with Crippen LogP contribution in [0.1, 0.15) is 43.7 Å². The third-order valence-electron chi connectivity index (χ3n) is 7.12. The van der Waals surface area contributed by atoms with E-state index in [1.807, 2.05) is 0 Å². The van der Waals surface area contributed by atoms with Crippen molar-refractivity contribution in [2.75, 3.05) is 32.7 Å². The van der Waals surface area contributed by atoms with Gasteiger partial charge >= 0.3 is 6.18 Å². The second-order valence-electron chi connectivity index (χ2n) is 11.3. The molecule has 9 amide bonds. The summed E-state index contributed by atoms with van der Waals surface area (Å²) in [6, 6.07) is -0.182. The number of carbonyl (C=O) groups excluding carboxylic acids is 9. The van der Waals surface area contributed by atoms with Crippen LogP contribution in [-0.4, -0.2) is 104 Å². The minimum absolute atomic E-state index is 0.00386. The van der Waals surface area contributed by atoms with E-state index >= 15 is 0 Å². The van der Waals surface area contributed by atoms with Crippen LogP contribution in [0.25, 0.3) is 0 Å². The maximum Gasteiger partial charge on any atom is 0.416 e. The van der Waals surface area contributed by atoms with Crippen molar-refractivity contribution in [3.8, 4) is 0 Å². The number of hydrogen-bond donors (Lipinski definition) is 9. The molecule has 0 aliphatic carbocycles. The first-order valence-corrected chi connectivity index (χ1v) is 15.6. The largest absolute Gasteiger partial charge is 0.416 e. The van der Waals surface area contributed by atoms with Crippen LogP contribution >= 0.6 is 0 Å². The lowest BCUT2D eigenvalue weighted by molar-refractivity contribution is -0.137. The highest BCUT2D eigenvalue weighted by Crippen LogP contribution is 2.29. The summed E-state index contributed by atoms with van der Waals surface area (Å²) in [4.78, 5) is 112. The molecule has 18 nitrogen and oxygen atoms in total. The van der Waals surface area contributed by atoms with Crippen LogP contribution in [0.5, 0.6) is 0 Å². The normalized spacial score (nSPS) is 21.0. The van der Waals surface area contributed by atoms with Crippen molar-refractivity contribution in [2.24, 2.45) is 5.73 Å². The van der Waals surface area contributed by atoms with Crippen LogP contribution in [0.4, 0.5) is 13.2 Å². The molecule has 1 aliphatic heterocycles. The monoisotopic (exact) mass is 727 g/mol. The third-order valence-corrected chi connectivity index (χ3v) is 7.12. The van der Waals surface area contributed by atoms with Gasteiger partial charge in [0.25, 0.3) is 0 Å². The van der Waals surface area contributed by atoms with Crippen molar-refractivity contribution in [1.82, 2.24) is 42.5 Å². The Morgan fingerprint density at radius 2 is 1.49 bits per heavy atom. The zero-order valence-corrected chi connectivity index (χ0v) is 27.5. The van der Waals surface area contributed by atoms with E-state index in [4.69, 9.17) is 5.73 Å². The van der Waals surface area contributed by atoms with Crippen molar-refractivity contribution in [3.05, 3.63) is 35.4 Å². The maximum absolute atomic E-state index is 13.3. The molecule has 51 heavy (non-hydrogen) atoms. The molecule has 1 fully saturated rings. The van der Waals surface area contributed by atoms with Gasteiger partial charge in [0.2, 0.25) is 53.2 Å². The summed E-state index contributed by atoms with van der Waals surface area (Å²) in [6.07, 6.45) is -5.59. The number of hydrogen-bond acceptors (Lipinski definition) is 9. The van der Waals surface area contributed by atoms with Gasteiger partial charge in [-0.1, -0.05) is 18.2 Å². The molecule has 1 heterocycles. The highest BCUT2D eigenvalue weighted by Gasteiger charge is 2.31. The number of benzene rings is 1. The molecule has 280 valence electrons. The summed E-state index contributed by atoms with van der Waals surface area (Å²) in [7, 11) is 0. The number of alkyl halides is 3. The minimum Gasteiger partial charge on any atom is -0.368 e. The van der Waals surface area contributed by atoms with Crippen molar-refractivity contribution in [1.29, 1.82) is 0 Å². The first-order valence-electron chi connectivity index (χ1n) is 15.6. The second-order valence-corrected chi connectivity index (χ2v) is 11.3. The summed E-state index contributed by atoms with van der Waals surface area (Å²) < 4.78 is 39.9. The number of nitrogens with one attached hydrogen (secondary N) is 8. The Labute approximate surface area is 289 Å². The molecule has 3 atom stereocenters. The highest BCUT2D eigenvalue weighted by atomic mass is 19.4. The standard InChI is InChI=1S/C30H40F3N9O9/c1-16(43)36-13-24(46)41-20-7-8-22(44)35-9-3-6-19(27(34)49)40-25(47)14-37-23(45)12-38-29(51)21(42-26(48)15-39-28(20)50)11-17-4-2-5-18(10-17)30(31,32)33/h2,4-5,10,19-21H,3,6-9,11-15H2,1H3,(H2,34,49)(H,35,44)(H,36,43)(H,37,45)(H,38,51)(H,39,50)(H,40,47)(H,41,46)(H,42,48). The van der Waals surface area contributed by atoms with Crippen molar-refractivity contribution in [3.63, 3.8) is 0 Å². The lowest BCUT2D eigenvalue weighted by Gasteiger charge is -2.21. The fourth-order valence-corrected chi connectivity index (χ4v) is 4.54. The number of nitrogens with two attached hydrogens (primary N) is 1. The smallest absolute Gasteiger partial charge is 0.368 e. The minimum atomic E-state index is -4.71. The Morgan fingerprint density at radius 1 is 0.843 bits per heavy atom. The van der Waals surface area contributed by atoms with E-state index in [1.165, 1.54) is 6.07 Å². The zero-order valence-electron chi connectivity index (χ0n) is 27.5. The lowest BCUT2D eigenvalue weighted by Crippen LogP contribution is -2.54. The number of amides is 9. The Morgan fingerprint density at radius 3 is 2.16 bits per heavy atom. The Hall–Kier alpha value is -5.76. The van der Waals surface area contributed by atoms with Gasteiger partial charge in [-0.2, -0.15) is 13.2 Å². The molecule has 0 radical (unpaired) electrons. The fourth-order valence-electron chi connectivity index (χ4n) is 4.54. The van der Waals surface area contributed by atoms with Gasteiger partial charge in [0, 0.05) is 26.3 Å². The van der Waals surface area contributed by atoms with Crippen LogP contribution in [0.2, 0.25) is 0 Å². The van der Waals surface area contributed by atoms with Gasteiger partial charge in [-0.05, 0) is 30.9 Å². The molecule has 2 rings (SSSR count). The Balaban J connectivity index is 2.30. The predicted molar refractivity (Wildman–Crippen MR) is 169 cm³/mol. The van der Waals surface area contributed by atoms with Gasteiger partial charge < -0.3 is 48.3 Å². The van der Waals surface area contributed by atoms with Crippen LogP contribution in [0.3, 0.4) is 0 Å². The van der Waals surface area contributed by atoms with Gasteiger partial charge in [-0.15, -0.1) is 0 Å². The van der Waals surface area contributed by atoms with Crippen molar-refractivity contribution >= 4 is 53.2 Å². The third kappa shape index (κ3) is 16.0. The van der Waals surface area contributed by atoms with E-state index in [0.29, 0.717) is 0 Å². The van der Waals surface area contributed by atoms with Crippen LogP contribution in [0.15, 0.2) is 24.3 Å². The molecular formula is C30H40F3N9O9. The van der Waals surface area contributed by atoms with Crippen LogP contribution < -0.4 is 48.3 Å². The number of primary amides is 1. The van der Waals surface area contributed by atoms with E-state index < -0.39 is 116 Å². The molecule has 21 heteroatoms. The molecule has 3 unspecified atom stereocenters. The summed E-state index contributed by atoms with van der Waals surface area (Å²) in [6.45, 7) is -1.45. The predicted octanol–water partition coefficient (Wildman–Crippen LogP) is -3.64. The van der Waals surface area contributed by atoms with Gasteiger partial charge in [0.1, 0.15) is 18.1 Å². The van der Waals surface area contributed by atoms with Crippen LogP contribution in [0, 0.1) is 0 Å². The van der Waals surface area contributed by atoms with E-state index in [9.17, 15) is 56.3 Å². The van der Waals surface area contributed by atoms with E-state index in [2.05, 4.69) is 42.5 Å². The summed E-state index contributed by atoms with van der Waals surface area (Å²) in [5.41, 5.74) is 4.31. The van der Waals surface area contributed by atoms with Crippen molar-refractivity contribution < 1.29 is 56.3 Å². The molecule has 0 spiro atoms. The molecule has 1 aromatic carbocycles. The second kappa shape index (κ2) is 20.0. The lowest BCUT2D eigenvalue weighted by atomic mass is 10.0. The molecule has 0 bridgehead atoms. The summed E-state index contributed by atoms with van der Waals surface area (Å²) in [5.74, 6) is -7.39. The molecule has 10 N–H and O–H groups in total. The molecule has 1 saturated heterocycles. The van der Waals surface area contributed by atoms with E-state index in [0.717, 1.165) is 25.1 Å². The summed E-state index contributed by atoms with van der Waals surface area (Å²) >= 11 is 0. The first-order chi connectivity index (χ1) is 23.9. The average molecular weight is 728 g/mol. The quantitative estimate of drug-likeness (QED) is 0.140. The SMILES string of the molecule is CC(=O)NCC(=O)NC1CCC(=O)NCCCC(C(N)=O)NC(=O)CNC(=O)CNC(=O)C(Cc2cccc(C(F)(F)F)c2)NC(=O)CNC1=O. The fraction of sp³-hybridized carbons (Fsp3) is 0.500. The van der Waals surface area contributed by atoms with Crippen LogP contribution in [-0.2, 0) is 55.7 Å². The highest BCUT2D eigenvalue weighted by molar-refractivity contribution is 5.95. The number of carbonyl (C=O) groups is 9. The molecule has 1 aliphatic rings. The first kappa shape index (κ1) is 41.4. The van der Waals surface area contributed by atoms with E-state index in [1.54, 1.807) is 0 Å². The Kier molecular flexibility index (Phi) is 16.3. The van der Waals surface area contributed by atoms with Crippen molar-refractivity contribution in [2.45, 2.75) is 63.3 Å². The Bertz CT molecular complexity index is 1490. The van der Waals surface area contributed by atoms with E-state index in [-0.39, 0.29) is 37.8 Å². The number of rotatable bonds is 6. The number of halogens is 3. The summed E-state index contributed by atoms with van der Waals surface area (Å²) in [5, 5.41) is 18.4. The van der Waals surface area contributed by atoms with Gasteiger partial charge in [-0.3, -0.25) is 43.2 Å². The molecular weight excluding hydrogens is 687 g/mol. The topological polar surface area (TPSA) is 276 Å². The zero-order chi connectivity index (χ0) is 38.1.